The molecule has 0 bridgehead atoms. The van der Waals surface area contributed by atoms with Crippen molar-refractivity contribution >= 4 is 5.91 Å². The molecular weight excluding hydrogens is 511 g/mol. The number of nitrogens with zero attached hydrogens (tertiary/aromatic N) is 4. The van der Waals surface area contributed by atoms with Gasteiger partial charge in [-0.15, -0.1) is 0 Å². The van der Waals surface area contributed by atoms with Gasteiger partial charge in [0.05, 0.1) is 31.3 Å². The van der Waals surface area contributed by atoms with Crippen molar-refractivity contribution in [1.29, 1.82) is 5.26 Å². The number of carbonyl (C=O) groups excluding carboxylic acids is 1. The first-order valence-electron chi connectivity index (χ1n) is 14.7. The van der Waals surface area contributed by atoms with E-state index in [-0.39, 0.29) is 48.3 Å². The fraction of sp³-hybridized carbons (Fsp3) is 0.667. The van der Waals surface area contributed by atoms with Crippen molar-refractivity contribution in [3.05, 3.63) is 42.2 Å². The van der Waals surface area contributed by atoms with E-state index in [0.717, 1.165) is 43.5 Å². The van der Waals surface area contributed by atoms with Gasteiger partial charge in [-0.1, -0.05) is 6.58 Å². The maximum atomic E-state index is 14.0. The van der Waals surface area contributed by atoms with Crippen LogP contribution in [0.25, 0.3) is 0 Å². The molecule has 5 aliphatic rings. The smallest absolute Gasteiger partial charge is 0.246 e. The molecule has 4 heterocycles. The summed E-state index contributed by atoms with van der Waals surface area (Å²) in [5, 5.41) is 17.0. The fourth-order valence-corrected chi connectivity index (χ4v) is 7.71. The van der Waals surface area contributed by atoms with Crippen molar-refractivity contribution in [2.24, 2.45) is 5.92 Å². The third-order valence-electron chi connectivity index (χ3n) is 9.82. The van der Waals surface area contributed by atoms with Gasteiger partial charge in [-0.25, -0.2) is 4.39 Å². The van der Waals surface area contributed by atoms with Crippen LogP contribution in [-0.4, -0.2) is 96.7 Å². The van der Waals surface area contributed by atoms with Crippen molar-refractivity contribution in [2.75, 3.05) is 39.8 Å². The van der Waals surface area contributed by atoms with Crippen LogP contribution >= 0.6 is 0 Å². The first-order valence-corrected chi connectivity index (χ1v) is 14.7. The minimum Gasteiger partial charge on any atom is -0.487 e. The molecule has 3 saturated heterocycles. The summed E-state index contributed by atoms with van der Waals surface area (Å²) in [6, 6.07) is 7.49. The average Bonchev–Trinajstić information content (AvgIpc) is 3.52. The maximum absolute atomic E-state index is 14.0. The van der Waals surface area contributed by atoms with E-state index < -0.39 is 0 Å². The quantitative estimate of drug-likeness (QED) is 0.519. The molecule has 0 aromatic heterocycles. The van der Waals surface area contributed by atoms with Crippen LogP contribution < -0.4 is 15.4 Å². The lowest BCUT2D eigenvalue weighted by Gasteiger charge is -2.54. The van der Waals surface area contributed by atoms with E-state index >= 15 is 0 Å². The van der Waals surface area contributed by atoms with Crippen molar-refractivity contribution < 1.29 is 18.7 Å². The zero-order valence-corrected chi connectivity index (χ0v) is 23.4. The van der Waals surface area contributed by atoms with Gasteiger partial charge in [0.1, 0.15) is 17.2 Å². The molecule has 4 aliphatic heterocycles. The Labute approximate surface area is 236 Å². The average molecular weight is 553 g/mol. The van der Waals surface area contributed by atoms with Gasteiger partial charge in [0.25, 0.3) is 0 Å². The summed E-state index contributed by atoms with van der Waals surface area (Å²) < 4.78 is 27.0. The molecule has 216 valence electrons. The topological polar surface area (TPSA) is 93.1 Å². The fourth-order valence-electron chi connectivity index (χ4n) is 7.71. The minimum absolute atomic E-state index is 0.0401. The molecule has 1 aromatic carbocycles. The molecule has 2 N–H and O–H groups in total. The zero-order valence-electron chi connectivity index (χ0n) is 23.4. The third kappa shape index (κ3) is 5.38. The summed E-state index contributed by atoms with van der Waals surface area (Å²) in [5.74, 6) is 0.754. The van der Waals surface area contributed by atoms with E-state index in [0.29, 0.717) is 44.6 Å². The molecule has 7 atom stereocenters. The number of hydrogen-bond donors (Lipinski definition) is 2. The van der Waals surface area contributed by atoms with Gasteiger partial charge in [0.2, 0.25) is 5.91 Å². The van der Waals surface area contributed by atoms with Crippen LogP contribution in [-0.2, 0) is 16.0 Å². The Morgan fingerprint density at radius 2 is 2.17 bits per heavy atom. The number of nitrogens with one attached hydrogen (secondary N) is 2. The molecular formula is C30H41FN6O3. The molecule has 1 aromatic rings. The number of nitriles is 1. The Hall–Kier alpha value is -2.55. The number of rotatable bonds is 6. The number of likely N-dealkylation sites (N-methyl/N-ethyl adjacent to an activating group) is 1. The predicted molar refractivity (Wildman–Crippen MR) is 148 cm³/mol. The Bertz CT molecular complexity index is 1160. The Morgan fingerprint density at radius 1 is 1.30 bits per heavy atom. The SMILES string of the molecule is C=CC(=O)N1CCN(C2NC(OCC3CCCN3C)NC3C[C@]4(CCC32)Cc2cc(F)ccc2O4)CC1CC#N. The molecule has 1 aliphatic carbocycles. The van der Waals surface area contributed by atoms with E-state index in [1.54, 1.807) is 17.0 Å². The Morgan fingerprint density at radius 3 is 2.95 bits per heavy atom. The lowest BCUT2D eigenvalue weighted by molar-refractivity contribution is -0.138. The maximum Gasteiger partial charge on any atom is 0.246 e. The minimum atomic E-state index is -0.346. The summed E-state index contributed by atoms with van der Waals surface area (Å²) >= 11 is 0. The summed E-state index contributed by atoms with van der Waals surface area (Å²) in [6.07, 6.45) is 7.04. The summed E-state index contributed by atoms with van der Waals surface area (Å²) in [7, 11) is 2.16. The lowest BCUT2D eigenvalue weighted by Crippen LogP contribution is -2.73. The molecule has 9 nitrogen and oxygen atoms in total. The van der Waals surface area contributed by atoms with Gasteiger partial charge in [-0.2, -0.15) is 5.26 Å². The van der Waals surface area contributed by atoms with Crippen LogP contribution in [0.5, 0.6) is 5.75 Å². The highest BCUT2D eigenvalue weighted by atomic mass is 19.1. The van der Waals surface area contributed by atoms with Crippen LogP contribution in [0.2, 0.25) is 0 Å². The van der Waals surface area contributed by atoms with Gasteiger partial charge in [-0.05, 0) is 63.6 Å². The predicted octanol–water partition coefficient (Wildman–Crippen LogP) is 2.19. The standard InChI is InChI=1S/C30H41FN6O3/c1-3-27(38)37-14-13-36(18-22(37)9-11-32)28-24-8-10-30(16-20-15-21(31)6-7-26(20)40-30)17-25(24)33-29(34-28)39-19-23-5-4-12-35(23)2/h3,6-7,15,22-25,28-29,33-34H,1,4-5,8-10,12-14,16-19H2,2H3/t22?,23?,24?,25?,28?,29?,30-/m0/s1. The zero-order chi connectivity index (χ0) is 27.9. The number of fused-ring (bicyclic) bond motifs is 2. The van der Waals surface area contributed by atoms with E-state index in [9.17, 15) is 14.4 Å². The molecule has 1 spiro atoms. The number of ether oxygens (including phenoxy) is 2. The van der Waals surface area contributed by atoms with Crippen LogP contribution in [0.3, 0.4) is 0 Å². The number of piperazine rings is 1. The second-order valence-corrected chi connectivity index (χ2v) is 12.2. The van der Waals surface area contributed by atoms with Crippen molar-refractivity contribution in [1.82, 2.24) is 25.3 Å². The Balaban J connectivity index is 1.20. The van der Waals surface area contributed by atoms with E-state index in [1.807, 2.05) is 0 Å². The van der Waals surface area contributed by atoms with Crippen molar-refractivity contribution in [3.8, 4) is 11.8 Å². The molecule has 10 heteroatoms. The molecule has 1 amide bonds. The normalized spacial score (nSPS) is 36.1. The number of amides is 1. The van der Waals surface area contributed by atoms with Gasteiger partial charge in [-0.3, -0.25) is 20.3 Å². The second-order valence-electron chi connectivity index (χ2n) is 12.2. The van der Waals surface area contributed by atoms with Crippen LogP contribution in [0, 0.1) is 23.1 Å². The number of benzene rings is 1. The van der Waals surface area contributed by atoms with Gasteiger partial charge >= 0.3 is 0 Å². The van der Waals surface area contributed by atoms with E-state index in [1.165, 1.54) is 18.6 Å². The molecule has 6 rings (SSSR count). The number of hydrogen-bond acceptors (Lipinski definition) is 8. The van der Waals surface area contributed by atoms with Crippen LogP contribution in [0.4, 0.5) is 4.39 Å². The molecule has 0 radical (unpaired) electrons. The highest BCUT2D eigenvalue weighted by Crippen LogP contribution is 2.46. The van der Waals surface area contributed by atoms with Crippen LogP contribution in [0.1, 0.15) is 44.1 Å². The van der Waals surface area contributed by atoms with Crippen molar-refractivity contribution in [3.63, 3.8) is 0 Å². The number of halogens is 1. The monoisotopic (exact) mass is 552 g/mol. The van der Waals surface area contributed by atoms with E-state index in [2.05, 4.69) is 40.1 Å². The highest BCUT2D eigenvalue weighted by Gasteiger charge is 2.52. The summed E-state index contributed by atoms with van der Waals surface area (Å²) in [5.41, 5.74) is 0.601. The molecule has 40 heavy (non-hydrogen) atoms. The molecule has 1 saturated carbocycles. The van der Waals surface area contributed by atoms with Gasteiger partial charge in [0.15, 0.2) is 6.35 Å². The summed E-state index contributed by atoms with van der Waals surface area (Å²) in [4.78, 5) is 19.1. The largest absolute Gasteiger partial charge is 0.487 e. The van der Waals surface area contributed by atoms with E-state index in [4.69, 9.17) is 9.47 Å². The van der Waals surface area contributed by atoms with Gasteiger partial charge in [0, 0.05) is 56.0 Å². The first kappa shape index (κ1) is 27.6. The third-order valence-corrected chi connectivity index (χ3v) is 9.82. The summed E-state index contributed by atoms with van der Waals surface area (Å²) in [6.45, 7) is 7.30. The second kappa shape index (κ2) is 11.4. The molecule has 6 unspecified atom stereocenters. The van der Waals surface area contributed by atoms with Crippen molar-refractivity contribution in [2.45, 2.75) is 81.2 Å². The highest BCUT2D eigenvalue weighted by molar-refractivity contribution is 5.87. The van der Waals surface area contributed by atoms with Gasteiger partial charge < -0.3 is 19.3 Å². The first-order chi connectivity index (χ1) is 19.4. The number of carbonyl (C=O) groups is 1. The van der Waals surface area contributed by atoms with Crippen LogP contribution in [0.15, 0.2) is 30.9 Å². The lowest BCUT2D eigenvalue weighted by atomic mass is 9.71. The number of likely N-dealkylation sites (tertiary alicyclic amines) is 1. The Kier molecular flexibility index (Phi) is 7.85. The molecule has 4 fully saturated rings.